The van der Waals surface area contributed by atoms with Crippen LogP contribution in [0.3, 0.4) is 0 Å². The third kappa shape index (κ3) is 1.90. The Hall–Kier alpha value is -0.200. The molecule has 2 fully saturated rings. The predicted octanol–water partition coefficient (Wildman–Crippen LogP) is 0.241. The number of alkyl halides is 1. The van der Waals surface area contributed by atoms with Gasteiger partial charge in [0.05, 0.1) is 18.3 Å². The molecule has 2 aliphatic rings. The van der Waals surface area contributed by atoms with E-state index in [1.165, 1.54) is 4.31 Å². The van der Waals surface area contributed by atoms with Gasteiger partial charge in [-0.15, -0.1) is 0 Å². The van der Waals surface area contributed by atoms with Gasteiger partial charge in [0.25, 0.3) is 0 Å². The summed E-state index contributed by atoms with van der Waals surface area (Å²) >= 11 is 0. The van der Waals surface area contributed by atoms with Gasteiger partial charge in [0, 0.05) is 6.54 Å². The summed E-state index contributed by atoms with van der Waals surface area (Å²) in [6.07, 6.45) is 3.38. The molecule has 0 atom stereocenters. The molecule has 0 aromatic heterocycles. The minimum absolute atomic E-state index is 0.0532. The Morgan fingerprint density at radius 2 is 1.87 bits per heavy atom. The van der Waals surface area contributed by atoms with Crippen LogP contribution in [0.25, 0.3) is 0 Å². The molecule has 2 rings (SSSR count). The second kappa shape index (κ2) is 3.68. The van der Waals surface area contributed by atoms with Gasteiger partial charge in [-0.25, -0.2) is 12.8 Å². The van der Waals surface area contributed by atoms with Crippen molar-refractivity contribution in [3.8, 4) is 0 Å². The van der Waals surface area contributed by atoms with Gasteiger partial charge in [0.15, 0.2) is 5.67 Å². The second-order valence-corrected chi connectivity index (χ2v) is 6.79. The molecular weight excluding hydrogens is 219 g/mol. The monoisotopic (exact) mass is 236 g/mol. The van der Waals surface area contributed by atoms with Crippen molar-refractivity contribution in [2.24, 2.45) is 5.73 Å². The summed E-state index contributed by atoms with van der Waals surface area (Å²) in [6, 6.07) is 0. The highest BCUT2D eigenvalue weighted by atomic mass is 32.2. The highest BCUT2D eigenvalue weighted by molar-refractivity contribution is 7.89. The van der Waals surface area contributed by atoms with Gasteiger partial charge < -0.3 is 5.73 Å². The molecule has 0 unspecified atom stereocenters. The number of hydrogen-bond donors (Lipinski definition) is 1. The minimum atomic E-state index is -3.25. The first-order valence-corrected chi connectivity index (χ1v) is 6.86. The summed E-state index contributed by atoms with van der Waals surface area (Å²) in [5.74, 6) is 0. The lowest BCUT2D eigenvalue weighted by Gasteiger charge is -2.43. The first-order valence-electron chi connectivity index (χ1n) is 5.36. The Morgan fingerprint density at radius 1 is 1.33 bits per heavy atom. The fraction of sp³-hybridized carbons (Fsp3) is 1.00. The van der Waals surface area contributed by atoms with Crippen molar-refractivity contribution >= 4 is 10.0 Å². The van der Waals surface area contributed by atoms with E-state index in [2.05, 4.69) is 0 Å². The molecule has 1 saturated carbocycles. The van der Waals surface area contributed by atoms with Gasteiger partial charge >= 0.3 is 0 Å². The lowest BCUT2D eigenvalue weighted by molar-refractivity contribution is 0.0295. The molecule has 0 spiro atoms. The van der Waals surface area contributed by atoms with Crippen LogP contribution in [0.5, 0.6) is 0 Å². The van der Waals surface area contributed by atoms with E-state index in [1.54, 1.807) is 0 Å². The summed E-state index contributed by atoms with van der Waals surface area (Å²) in [6.45, 7) is -0.200. The maximum absolute atomic E-state index is 13.5. The Bertz CT molecular complexity index is 332. The average molecular weight is 236 g/mol. The molecule has 0 aromatic carbocycles. The standard InChI is InChI=1S/C9H17FN2O2S/c10-9(5-11)6-12(7-9)15(13,14)8-3-1-2-4-8/h8H,1-7,11H2. The predicted molar refractivity (Wildman–Crippen MR) is 55.6 cm³/mol. The van der Waals surface area contributed by atoms with Crippen molar-refractivity contribution in [1.82, 2.24) is 4.31 Å². The maximum Gasteiger partial charge on any atom is 0.217 e. The maximum atomic E-state index is 13.5. The van der Waals surface area contributed by atoms with E-state index in [9.17, 15) is 12.8 Å². The number of nitrogens with zero attached hydrogens (tertiary/aromatic N) is 1. The summed E-state index contributed by atoms with van der Waals surface area (Å²) < 4.78 is 38.6. The van der Waals surface area contributed by atoms with Gasteiger partial charge in [0.1, 0.15) is 0 Å². The summed E-state index contributed by atoms with van der Waals surface area (Å²) in [7, 11) is -3.25. The van der Waals surface area contributed by atoms with Crippen LogP contribution in [-0.4, -0.2) is 43.3 Å². The minimum Gasteiger partial charge on any atom is -0.327 e. The SMILES string of the molecule is NCC1(F)CN(S(=O)(=O)C2CCCC2)C1. The number of rotatable bonds is 3. The zero-order chi connectivity index (χ0) is 11.1. The fourth-order valence-electron chi connectivity index (χ4n) is 2.29. The zero-order valence-electron chi connectivity index (χ0n) is 8.65. The van der Waals surface area contributed by atoms with Gasteiger partial charge in [-0.3, -0.25) is 0 Å². The lowest BCUT2D eigenvalue weighted by atomic mass is 10.0. The largest absolute Gasteiger partial charge is 0.327 e. The normalized spacial score (nSPS) is 27.9. The van der Waals surface area contributed by atoms with Crippen LogP contribution < -0.4 is 5.73 Å². The summed E-state index contributed by atoms with van der Waals surface area (Å²) in [5.41, 5.74) is 3.75. The van der Waals surface area contributed by atoms with E-state index in [-0.39, 0.29) is 24.9 Å². The number of sulfonamides is 1. The van der Waals surface area contributed by atoms with Crippen molar-refractivity contribution < 1.29 is 12.8 Å². The average Bonchev–Trinajstić information content (AvgIpc) is 2.65. The van der Waals surface area contributed by atoms with Crippen LogP contribution in [0.2, 0.25) is 0 Å². The van der Waals surface area contributed by atoms with Crippen LogP contribution in [0, 0.1) is 0 Å². The Labute approximate surface area is 89.7 Å². The van der Waals surface area contributed by atoms with Gasteiger partial charge in [-0.1, -0.05) is 12.8 Å². The van der Waals surface area contributed by atoms with Crippen LogP contribution >= 0.6 is 0 Å². The highest BCUT2D eigenvalue weighted by Crippen LogP contribution is 2.33. The highest BCUT2D eigenvalue weighted by Gasteiger charge is 2.50. The first-order chi connectivity index (χ1) is 6.98. The quantitative estimate of drug-likeness (QED) is 0.763. The van der Waals surface area contributed by atoms with E-state index >= 15 is 0 Å². The van der Waals surface area contributed by atoms with E-state index in [1.807, 2.05) is 0 Å². The molecule has 4 nitrogen and oxygen atoms in total. The van der Waals surface area contributed by atoms with Crippen LogP contribution in [-0.2, 0) is 10.0 Å². The molecule has 0 radical (unpaired) electrons. The third-order valence-corrected chi connectivity index (χ3v) is 5.66. The number of hydrogen-bond acceptors (Lipinski definition) is 3. The van der Waals surface area contributed by atoms with Crippen molar-refractivity contribution in [2.45, 2.75) is 36.6 Å². The van der Waals surface area contributed by atoms with E-state index in [0.717, 1.165) is 25.7 Å². The van der Waals surface area contributed by atoms with Crippen molar-refractivity contribution in [1.29, 1.82) is 0 Å². The molecule has 15 heavy (non-hydrogen) atoms. The number of nitrogens with two attached hydrogens (primary N) is 1. The molecule has 0 amide bonds. The fourth-order valence-corrected chi connectivity index (χ4v) is 4.47. The second-order valence-electron chi connectivity index (χ2n) is 4.57. The molecule has 1 heterocycles. The molecule has 0 aromatic rings. The molecular formula is C9H17FN2O2S. The molecule has 1 saturated heterocycles. The first kappa shape index (κ1) is 11.3. The van der Waals surface area contributed by atoms with E-state index in [0.29, 0.717) is 0 Å². The summed E-state index contributed by atoms with van der Waals surface area (Å²) in [5, 5.41) is -0.278. The topological polar surface area (TPSA) is 63.4 Å². The Balaban J connectivity index is 2.00. The van der Waals surface area contributed by atoms with Crippen molar-refractivity contribution in [3.05, 3.63) is 0 Å². The molecule has 2 N–H and O–H groups in total. The molecule has 1 aliphatic carbocycles. The third-order valence-electron chi connectivity index (χ3n) is 3.37. The zero-order valence-corrected chi connectivity index (χ0v) is 9.47. The molecule has 1 aliphatic heterocycles. The molecule has 88 valence electrons. The van der Waals surface area contributed by atoms with Crippen molar-refractivity contribution in [2.75, 3.05) is 19.6 Å². The van der Waals surface area contributed by atoms with Crippen molar-refractivity contribution in [3.63, 3.8) is 0 Å². The number of halogens is 1. The summed E-state index contributed by atoms with van der Waals surface area (Å²) in [4.78, 5) is 0. The van der Waals surface area contributed by atoms with E-state index < -0.39 is 15.7 Å². The van der Waals surface area contributed by atoms with E-state index in [4.69, 9.17) is 5.73 Å². The van der Waals surface area contributed by atoms with Crippen LogP contribution in [0.4, 0.5) is 4.39 Å². The van der Waals surface area contributed by atoms with Crippen LogP contribution in [0.15, 0.2) is 0 Å². The molecule has 0 bridgehead atoms. The Morgan fingerprint density at radius 3 is 2.33 bits per heavy atom. The van der Waals surface area contributed by atoms with Gasteiger partial charge in [0.2, 0.25) is 10.0 Å². The van der Waals surface area contributed by atoms with Gasteiger partial charge in [-0.2, -0.15) is 4.31 Å². The smallest absolute Gasteiger partial charge is 0.217 e. The molecule has 6 heteroatoms. The van der Waals surface area contributed by atoms with Gasteiger partial charge in [-0.05, 0) is 12.8 Å². The lowest BCUT2D eigenvalue weighted by Crippen LogP contribution is -2.65. The Kier molecular flexibility index (Phi) is 2.77. The van der Waals surface area contributed by atoms with Crippen LogP contribution in [0.1, 0.15) is 25.7 Å².